The molecule has 0 radical (unpaired) electrons. The quantitative estimate of drug-likeness (QED) is 0.127. The Morgan fingerprint density at radius 3 is 1.02 bits per heavy atom. The van der Waals surface area contributed by atoms with Crippen LogP contribution in [0.15, 0.2) is 231 Å². The van der Waals surface area contributed by atoms with Crippen molar-refractivity contribution in [3.05, 3.63) is 242 Å². The second kappa shape index (κ2) is 19.3. The van der Waals surface area contributed by atoms with E-state index in [9.17, 15) is 0 Å². The Bertz CT molecular complexity index is 4800. The van der Waals surface area contributed by atoms with Crippen LogP contribution < -0.4 is 20.2 Å². The highest BCUT2D eigenvalue weighted by Crippen LogP contribution is 2.53. The van der Waals surface area contributed by atoms with Crippen molar-refractivity contribution in [2.75, 3.05) is 9.80 Å². The van der Waals surface area contributed by atoms with Gasteiger partial charge in [-0.05, 0) is 106 Å². The fourth-order valence-electron chi connectivity index (χ4n) is 14.0. The lowest BCUT2D eigenvalue weighted by Crippen LogP contribution is -2.37. The average molecular weight is 1150 g/mol. The number of nitrogens with zero attached hydrogens (tertiary/aromatic N) is 4. The third-order valence-electron chi connectivity index (χ3n) is 18.6. The maximum atomic E-state index is 2.59. The van der Waals surface area contributed by atoms with Crippen molar-refractivity contribution in [3.8, 4) is 22.3 Å². The maximum Gasteiger partial charge on any atom is 0.0775 e. The molecule has 0 amide bonds. The van der Waals surface area contributed by atoms with Crippen molar-refractivity contribution >= 4 is 137 Å². The van der Waals surface area contributed by atoms with Gasteiger partial charge >= 0.3 is 0 Å². The van der Waals surface area contributed by atoms with Gasteiger partial charge in [0.25, 0.3) is 0 Å². The topological polar surface area (TPSA) is 15.3 Å². The van der Waals surface area contributed by atoms with Crippen LogP contribution in [0.1, 0.15) is 52.7 Å². The normalized spacial score (nSPS) is 12.9. The van der Waals surface area contributed by atoms with Crippen molar-refractivity contribution in [2.24, 2.45) is 0 Å². The van der Waals surface area contributed by atoms with Gasteiger partial charge in [-0.1, -0.05) is 249 Å². The molecule has 6 heteroatoms. The molecule has 4 aromatic heterocycles. The standard InChI is InChI=1S/C80H74N4Si2/c1-79(2,3)53-31-41-59(51-23-15-13-16-24-51)71(47-53)81(55-33-37-57(38-34-55)85(7,8)9)69-45-43-61-65-49-74-66(50-73(65)83-67-29-21-19-27-63(67)75(69)77(61)83)62-44-46-70(76-64-28-20-22-30-68(64)84(74)78(62)76)82(56-35-39-58(40-36-56)86(10,11)12)72-48-54(80(4,5)6)32-42-60(72)52-25-17-14-18-26-52/h13-50H,1-12H3. The molecule has 4 nitrogen and oxygen atoms in total. The lowest BCUT2D eigenvalue weighted by atomic mass is 9.85. The minimum absolute atomic E-state index is 0.0723. The van der Waals surface area contributed by atoms with Crippen molar-refractivity contribution in [3.63, 3.8) is 0 Å². The molecule has 0 saturated heterocycles. The zero-order valence-corrected chi connectivity index (χ0v) is 53.7. The molecular weight excluding hydrogens is 1070 g/mol. The Labute approximate surface area is 507 Å². The van der Waals surface area contributed by atoms with Gasteiger partial charge in [-0.25, -0.2) is 0 Å². The molecule has 0 aliphatic carbocycles. The summed E-state index contributed by atoms with van der Waals surface area (Å²) in [7, 11) is -3.21. The molecule has 422 valence electrons. The van der Waals surface area contributed by atoms with E-state index in [2.05, 4.69) is 330 Å². The van der Waals surface area contributed by atoms with E-state index in [-0.39, 0.29) is 10.8 Å². The number of hydrogen-bond acceptors (Lipinski definition) is 2. The van der Waals surface area contributed by atoms with E-state index in [0.29, 0.717) is 0 Å². The van der Waals surface area contributed by atoms with Gasteiger partial charge in [-0.3, -0.25) is 0 Å². The van der Waals surface area contributed by atoms with Crippen LogP contribution in [-0.2, 0) is 10.8 Å². The molecular formula is C80H74N4Si2. The summed E-state index contributed by atoms with van der Waals surface area (Å²) in [6, 6.07) is 88.3. The molecule has 86 heavy (non-hydrogen) atoms. The fourth-order valence-corrected chi connectivity index (χ4v) is 16.3. The van der Waals surface area contributed by atoms with Crippen LogP contribution in [0.3, 0.4) is 0 Å². The minimum atomic E-state index is -1.60. The molecule has 0 atom stereocenters. The van der Waals surface area contributed by atoms with Gasteiger partial charge in [0.1, 0.15) is 0 Å². The zero-order valence-electron chi connectivity index (χ0n) is 51.7. The zero-order chi connectivity index (χ0) is 59.3. The molecule has 0 bridgehead atoms. The van der Waals surface area contributed by atoms with Crippen molar-refractivity contribution < 1.29 is 0 Å². The van der Waals surface area contributed by atoms with Gasteiger partial charge in [0.2, 0.25) is 0 Å². The van der Waals surface area contributed by atoms with Gasteiger partial charge < -0.3 is 18.6 Å². The molecule has 0 unspecified atom stereocenters. The molecule has 15 aromatic rings. The Morgan fingerprint density at radius 2 is 0.663 bits per heavy atom. The molecule has 0 saturated carbocycles. The van der Waals surface area contributed by atoms with E-state index in [1.54, 1.807) is 0 Å². The number of para-hydroxylation sites is 2. The van der Waals surface area contributed by atoms with Gasteiger partial charge in [0.05, 0.1) is 72.0 Å². The van der Waals surface area contributed by atoms with Crippen molar-refractivity contribution in [2.45, 2.75) is 91.7 Å². The first kappa shape index (κ1) is 53.8. The van der Waals surface area contributed by atoms with E-state index in [1.165, 1.54) is 143 Å². The van der Waals surface area contributed by atoms with Crippen LogP contribution in [-0.4, -0.2) is 24.9 Å². The highest BCUT2D eigenvalue weighted by Gasteiger charge is 2.31. The van der Waals surface area contributed by atoms with E-state index >= 15 is 0 Å². The summed E-state index contributed by atoms with van der Waals surface area (Å²) in [5.41, 5.74) is 21.6. The average Bonchev–Trinajstić information content (AvgIpc) is 1.57. The first-order valence-electron chi connectivity index (χ1n) is 30.8. The van der Waals surface area contributed by atoms with E-state index < -0.39 is 16.1 Å². The summed E-state index contributed by atoms with van der Waals surface area (Å²) in [6.45, 7) is 28.6. The van der Waals surface area contributed by atoms with Gasteiger partial charge in [0.15, 0.2) is 0 Å². The Morgan fingerprint density at radius 1 is 0.302 bits per heavy atom. The predicted molar refractivity (Wildman–Crippen MR) is 379 cm³/mol. The van der Waals surface area contributed by atoms with Crippen LogP contribution in [0.4, 0.5) is 34.1 Å². The number of anilines is 6. The van der Waals surface area contributed by atoms with Crippen LogP contribution in [0, 0.1) is 0 Å². The SMILES string of the molecule is CC(C)(C)c1ccc(-c2ccccc2)c(N(c2ccc([Si](C)(C)C)cc2)c2ccc3c4cc5c(cc4n4c6ccccc6c2c34)c2ccc(N(c3ccc([Si](C)(C)C)cc3)c3cc(C(C)(C)C)ccc3-c3ccccc3)c3c4ccccc4n5c23)c1. The summed E-state index contributed by atoms with van der Waals surface area (Å²) in [5.74, 6) is 0. The molecule has 11 aromatic carbocycles. The first-order chi connectivity index (χ1) is 41.2. The third kappa shape index (κ3) is 8.42. The molecule has 0 aliphatic rings. The number of rotatable bonds is 10. The summed E-state index contributed by atoms with van der Waals surface area (Å²) in [6.07, 6.45) is 0. The number of aromatic nitrogens is 2. The Hall–Kier alpha value is -8.95. The second-order valence-corrected chi connectivity index (χ2v) is 38.4. The summed E-state index contributed by atoms with van der Waals surface area (Å²) < 4.78 is 5.18. The number of hydrogen-bond donors (Lipinski definition) is 0. The maximum absolute atomic E-state index is 2.59. The molecule has 0 N–H and O–H groups in total. The smallest absolute Gasteiger partial charge is 0.0775 e. The molecule has 4 heterocycles. The number of fused-ring (bicyclic) bond motifs is 12. The third-order valence-corrected chi connectivity index (χ3v) is 22.7. The Balaban J connectivity index is 1.01. The lowest BCUT2D eigenvalue weighted by molar-refractivity contribution is 0.590. The second-order valence-electron chi connectivity index (χ2n) is 28.3. The highest BCUT2D eigenvalue weighted by molar-refractivity contribution is 6.89. The van der Waals surface area contributed by atoms with Crippen LogP contribution >= 0.6 is 0 Å². The molecule has 0 spiro atoms. The van der Waals surface area contributed by atoms with E-state index in [0.717, 1.165) is 11.4 Å². The van der Waals surface area contributed by atoms with Gasteiger partial charge in [0, 0.05) is 65.6 Å². The molecule has 15 rings (SSSR count). The summed E-state index contributed by atoms with van der Waals surface area (Å²) in [4.78, 5) is 5.15. The monoisotopic (exact) mass is 1150 g/mol. The summed E-state index contributed by atoms with van der Waals surface area (Å²) >= 11 is 0. The highest BCUT2D eigenvalue weighted by atomic mass is 28.3. The minimum Gasteiger partial charge on any atom is -0.309 e. The molecule has 0 aliphatic heterocycles. The lowest BCUT2D eigenvalue weighted by Gasteiger charge is -2.31. The predicted octanol–water partition coefficient (Wildman–Crippen LogP) is 21.9. The van der Waals surface area contributed by atoms with Crippen LogP contribution in [0.5, 0.6) is 0 Å². The van der Waals surface area contributed by atoms with Gasteiger partial charge in [-0.2, -0.15) is 0 Å². The Kier molecular flexibility index (Phi) is 12.1. The van der Waals surface area contributed by atoms with Crippen LogP contribution in [0.2, 0.25) is 39.3 Å². The summed E-state index contributed by atoms with van der Waals surface area (Å²) in [5, 5.41) is 12.9. The molecule has 0 fully saturated rings. The van der Waals surface area contributed by atoms with E-state index in [1.807, 2.05) is 0 Å². The van der Waals surface area contributed by atoms with Crippen molar-refractivity contribution in [1.82, 2.24) is 8.80 Å². The van der Waals surface area contributed by atoms with Crippen LogP contribution in [0.25, 0.3) is 98.4 Å². The first-order valence-corrected chi connectivity index (χ1v) is 37.8. The van der Waals surface area contributed by atoms with E-state index in [4.69, 9.17) is 0 Å². The fraction of sp³-hybridized carbons (Fsp3) is 0.175. The number of benzene rings is 11. The van der Waals surface area contributed by atoms with Gasteiger partial charge in [-0.15, -0.1) is 0 Å². The van der Waals surface area contributed by atoms with Crippen molar-refractivity contribution in [1.29, 1.82) is 0 Å². The largest absolute Gasteiger partial charge is 0.309 e.